The summed E-state index contributed by atoms with van der Waals surface area (Å²) in [5.74, 6) is -0.706. The van der Waals surface area contributed by atoms with E-state index in [-0.39, 0.29) is 5.56 Å². The number of carboxylic acid groups (broad SMARTS) is 1. The second-order valence-corrected chi connectivity index (χ2v) is 5.33. The number of aryl methyl sites for hydroxylation is 1. The lowest BCUT2D eigenvalue weighted by Crippen LogP contribution is -2.12. The number of nitrogens with one attached hydrogen (secondary N) is 1. The Balaban J connectivity index is 2.23. The van der Waals surface area contributed by atoms with Crippen LogP contribution in [0.25, 0.3) is 0 Å². The van der Waals surface area contributed by atoms with E-state index in [1.807, 2.05) is 24.3 Å². The molecule has 0 saturated heterocycles. The van der Waals surface area contributed by atoms with Gasteiger partial charge in [0.25, 0.3) is 0 Å². The average molecular weight is 336 g/mol. The zero-order valence-electron chi connectivity index (χ0n) is 11.1. The molecule has 2 aromatic rings. The first-order chi connectivity index (χ1) is 9.49. The second-order valence-electron chi connectivity index (χ2n) is 4.42. The van der Waals surface area contributed by atoms with Gasteiger partial charge in [0.15, 0.2) is 5.82 Å². The summed E-state index contributed by atoms with van der Waals surface area (Å²) >= 11 is 3.37. The zero-order chi connectivity index (χ0) is 14.7. The van der Waals surface area contributed by atoms with Gasteiger partial charge in [-0.1, -0.05) is 28.1 Å². The van der Waals surface area contributed by atoms with Crippen LogP contribution in [-0.2, 0) is 6.54 Å². The minimum Gasteiger partial charge on any atom is -0.478 e. The van der Waals surface area contributed by atoms with Crippen molar-refractivity contribution in [2.24, 2.45) is 0 Å². The Hall–Kier alpha value is -1.95. The standard InChI is InChI=1S/C14H14BrN3O2/c1-8-9(2)17-18-13(12(8)14(19)20)16-7-10-3-5-11(15)6-4-10/h3-6H,7H2,1-2H3,(H,16,18)(H,19,20). The largest absolute Gasteiger partial charge is 0.478 e. The van der Waals surface area contributed by atoms with Gasteiger partial charge in [0.2, 0.25) is 0 Å². The van der Waals surface area contributed by atoms with Crippen LogP contribution < -0.4 is 5.32 Å². The molecule has 0 saturated carbocycles. The van der Waals surface area contributed by atoms with Crippen LogP contribution in [0.3, 0.4) is 0 Å². The van der Waals surface area contributed by atoms with Gasteiger partial charge in [-0.25, -0.2) is 4.79 Å². The van der Waals surface area contributed by atoms with Gasteiger partial charge in [-0.2, -0.15) is 5.10 Å². The van der Waals surface area contributed by atoms with Gasteiger partial charge in [0.05, 0.1) is 5.69 Å². The van der Waals surface area contributed by atoms with E-state index in [1.54, 1.807) is 13.8 Å². The molecule has 0 spiro atoms. The van der Waals surface area contributed by atoms with Gasteiger partial charge in [-0.05, 0) is 37.1 Å². The number of carboxylic acids is 1. The number of aromatic carboxylic acids is 1. The first-order valence-corrected chi connectivity index (χ1v) is 6.84. The smallest absolute Gasteiger partial charge is 0.339 e. The lowest BCUT2D eigenvalue weighted by molar-refractivity contribution is 0.0696. The third-order valence-corrected chi connectivity index (χ3v) is 3.57. The molecule has 20 heavy (non-hydrogen) atoms. The fourth-order valence-electron chi connectivity index (χ4n) is 1.78. The maximum Gasteiger partial charge on any atom is 0.339 e. The highest BCUT2D eigenvalue weighted by atomic mass is 79.9. The van der Waals surface area contributed by atoms with Crippen molar-refractivity contribution in [1.82, 2.24) is 10.2 Å². The lowest BCUT2D eigenvalue weighted by atomic mass is 10.1. The predicted molar refractivity (Wildman–Crippen MR) is 79.9 cm³/mol. The summed E-state index contributed by atoms with van der Waals surface area (Å²) in [7, 11) is 0. The predicted octanol–water partition coefficient (Wildman–Crippen LogP) is 3.17. The zero-order valence-corrected chi connectivity index (χ0v) is 12.7. The molecule has 2 N–H and O–H groups in total. The lowest BCUT2D eigenvalue weighted by Gasteiger charge is -2.11. The highest BCUT2D eigenvalue weighted by Gasteiger charge is 2.17. The van der Waals surface area contributed by atoms with E-state index in [0.717, 1.165) is 10.0 Å². The maximum atomic E-state index is 11.3. The second kappa shape index (κ2) is 6.00. The highest BCUT2D eigenvalue weighted by Crippen LogP contribution is 2.19. The fraction of sp³-hybridized carbons (Fsp3) is 0.214. The number of carbonyl (C=O) groups is 1. The summed E-state index contributed by atoms with van der Waals surface area (Å²) in [5.41, 5.74) is 2.46. The van der Waals surface area contributed by atoms with Gasteiger partial charge in [0.1, 0.15) is 5.56 Å². The Bertz CT molecular complexity index is 642. The maximum absolute atomic E-state index is 11.3. The Kier molecular flexibility index (Phi) is 4.34. The third-order valence-electron chi connectivity index (χ3n) is 3.04. The first-order valence-electron chi connectivity index (χ1n) is 6.04. The van der Waals surface area contributed by atoms with Crippen molar-refractivity contribution in [2.75, 3.05) is 5.32 Å². The molecule has 5 nitrogen and oxygen atoms in total. The Morgan fingerprint density at radius 2 is 1.90 bits per heavy atom. The molecule has 0 aliphatic rings. The van der Waals surface area contributed by atoms with E-state index in [0.29, 0.717) is 23.6 Å². The number of hydrogen-bond donors (Lipinski definition) is 2. The van der Waals surface area contributed by atoms with Crippen molar-refractivity contribution in [3.05, 3.63) is 51.1 Å². The summed E-state index contributed by atoms with van der Waals surface area (Å²) < 4.78 is 0.999. The summed E-state index contributed by atoms with van der Waals surface area (Å²) in [4.78, 5) is 11.3. The summed E-state index contributed by atoms with van der Waals surface area (Å²) in [6, 6.07) is 7.76. The van der Waals surface area contributed by atoms with Crippen LogP contribution in [0.1, 0.15) is 27.2 Å². The number of aromatic nitrogens is 2. The molecule has 0 bridgehead atoms. The Morgan fingerprint density at radius 1 is 1.25 bits per heavy atom. The number of anilines is 1. The summed E-state index contributed by atoms with van der Waals surface area (Å²) in [6.07, 6.45) is 0. The SMILES string of the molecule is Cc1nnc(NCc2ccc(Br)cc2)c(C(=O)O)c1C. The quantitative estimate of drug-likeness (QED) is 0.897. The molecular formula is C14H14BrN3O2. The van der Waals surface area contributed by atoms with Gasteiger partial charge in [0, 0.05) is 11.0 Å². The van der Waals surface area contributed by atoms with E-state index in [9.17, 15) is 9.90 Å². The molecule has 0 unspecified atom stereocenters. The van der Waals surface area contributed by atoms with Crippen LogP contribution in [-0.4, -0.2) is 21.3 Å². The van der Waals surface area contributed by atoms with Crippen molar-refractivity contribution in [2.45, 2.75) is 20.4 Å². The van der Waals surface area contributed by atoms with Crippen molar-refractivity contribution in [1.29, 1.82) is 0 Å². The minimum atomic E-state index is -1.00. The molecule has 1 heterocycles. The monoisotopic (exact) mass is 335 g/mol. The molecule has 0 atom stereocenters. The molecule has 1 aromatic heterocycles. The summed E-state index contributed by atoms with van der Waals surface area (Å²) in [5, 5.41) is 20.2. The summed E-state index contributed by atoms with van der Waals surface area (Å²) in [6.45, 7) is 3.97. The number of rotatable bonds is 4. The fourth-order valence-corrected chi connectivity index (χ4v) is 2.05. The van der Waals surface area contributed by atoms with Crippen LogP contribution in [0.5, 0.6) is 0 Å². The molecule has 0 fully saturated rings. The number of hydrogen-bond acceptors (Lipinski definition) is 4. The van der Waals surface area contributed by atoms with Crippen LogP contribution in [0, 0.1) is 13.8 Å². The van der Waals surface area contributed by atoms with Crippen molar-refractivity contribution in [3.8, 4) is 0 Å². The van der Waals surface area contributed by atoms with Crippen molar-refractivity contribution in [3.63, 3.8) is 0 Å². The first kappa shape index (κ1) is 14.5. The molecule has 6 heteroatoms. The van der Waals surface area contributed by atoms with Gasteiger partial charge >= 0.3 is 5.97 Å². The van der Waals surface area contributed by atoms with Gasteiger partial charge in [-0.3, -0.25) is 0 Å². The van der Waals surface area contributed by atoms with E-state index < -0.39 is 5.97 Å². The molecular weight excluding hydrogens is 322 g/mol. The van der Waals surface area contributed by atoms with E-state index in [2.05, 4.69) is 31.4 Å². The third kappa shape index (κ3) is 3.14. The number of benzene rings is 1. The molecule has 1 aromatic carbocycles. The van der Waals surface area contributed by atoms with Crippen LogP contribution >= 0.6 is 15.9 Å². The normalized spacial score (nSPS) is 10.3. The molecule has 104 valence electrons. The van der Waals surface area contributed by atoms with Gasteiger partial charge in [-0.15, -0.1) is 5.10 Å². The minimum absolute atomic E-state index is 0.176. The Morgan fingerprint density at radius 3 is 2.50 bits per heavy atom. The Labute approximate surface area is 125 Å². The molecule has 0 aliphatic heterocycles. The van der Waals surface area contributed by atoms with Crippen molar-refractivity contribution >= 4 is 27.7 Å². The van der Waals surface area contributed by atoms with Crippen LogP contribution in [0.2, 0.25) is 0 Å². The molecule has 2 rings (SSSR count). The number of nitrogens with zero attached hydrogens (tertiary/aromatic N) is 2. The van der Waals surface area contributed by atoms with Crippen LogP contribution in [0.4, 0.5) is 5.82 Å². The van der Waals surface area contributed by atoms with E-state index in [1.165, 1.54) is 0 Å². The van der Waals surface area contributed by atoms with Crippen LogP contribution in [0.15, 0.2) is 28.7 Å². The van der Waals surface area contributed by atoms with E-state index in [4.69, 9.17) is 0 Å². The topological polar surface area (TPSA) is 75.1 Å². The number of halogens is 1. The average Bonchev–Trinajstić information content (AvgIpc) is 2.41. The molecule has 0 aliphatic carbocycles. The van der Waals surface area contributed by atoms with E-state index >= 15 is 0 Å². The molecule has 0 radical (unpaired) electrons. The molecule has 0 amide bonds. The highest BCUT2D eigenvalue weighted by molar-refractivity contribution is 9.10. The van der Waals surface area contributed by atoms with Crippen molar-refractivity contribution < 1.29 is 9.90 Å². The van der Waals surface area contributed by atoms with Gasteiger partial charge < -0.3 is 10.4 Å².